The summed E-state index contributed by atoms with van der Waals surface area (Å²) in [5.74, 6) is 0.115. The molecule has 8 nitrogen and oxygen atoms in total. The Morgan fingerprint density at radius 1 is 1.08 bits per heavy atom. The predicted molar refractivity (Wildman–Crippen MR) is 145 cm³/mol. The van der Waals surface area contributed by atoms with Crippen LogP contribution in [0.1, 0.15) is 23.1 Å². The van der Waals surface area contributed by atoms with E-state index in [1.165, 1.54) is 20.4 Å². The summed E-state index contributed by atoms with van der Waals surface area (Å²) in [6.07, 6.45) is 4.42. The molecule has 36 heavy (non-hydrogen) atoms. The summed E-state index contributed by atoms with van der Waals surface area (Å²) >= 11 is 6.56. The monoisotopic (exact) mass is 538 g/mol. The fraction of sp³-hybridized carbons (Fsp3) is 0.280. The molecule has 0 N–H and O–H groups in total. The molecule has 1 unspecified atom stereocenters. The molecule has 0 bridgehead atoms. The number of sulfone groups is 1. The van der Waals surface area contributed by atoms with Crippen molar-refractivity contribution in [1.29, 1.82) is 0 Å². The van der Waals surface area contributed by atoms with Crippen LogP contribution in [0.5, 0.6) is 0 Å². The first-order valence-electron chi connectivity index (χ1n) is 11.6. The van der Waals surface area contributed by atoms with Gasteiger partial charge in [-0.3, -0.25) is 18.9 Å². The van der Waals surface area contributed by atoms with Crippen LogP contribution < -0.4 is 10.5 Å². The van der Waals surface area contributed by atoms with Gasteiger partial charge in [-0.05, 0) is 42.2 Å². The predicted octanol–water partition coefficient (Wildman–Crippen LogP) is 2.65. The number of aromatic nitrogens is 2. The zero-order valence-corrected chi connectivity index (χ0v) is 21.6. The van der Waals surface area contributed by atoms with Gasteiger partial charge in [0.2, 0.25) is 0 Å². The highest BCUT2D eigenvalue weighted by Crippen LogP contribution is 2.37. The van der Waals surface area contributed by atoms with E-state index in [0.29, 0.717) is 45.8 Å². The van der Waals surface area contributed by atoms with Crippen molar-refractivity contribution in [3.63, 3.8) is 0 Å². The number of benzene rings is 1. The van der Waals surface area contributed by atoms with E-state index in [9.17, 15) is 18.0 Å². The van der Waals surface area contributed by atoms with Gasteiger partial charge in [-0.2, -0.15) is 0 Å². The smallest absolute Gasteiger partial charge is 0.267 e. The highest BCUT2D eigenvalue weighted by molar-refractivity contribution is 8.26. The number of pyridine rings is 1. The second-order valence-corrected chi connectivity index (χ2v) is 13.0. The van der Waals surface area contributed by atoms with E-state index in [4.69, 9.17) is 17.2 Å². The molecule has 0 radical (unpaired) electrons. The Bertz CT molecular complexity index is 1630. The zero-order valence-electron chi connectivity index (χ0n) is 19.2. The van der Waals surface area contributed by atoms with Crippen LogP contribution in [0, 0.1) is 0 Å². The quantitative estimate of drug-likeness (QED) is 0.371. The van der Waals surface area contributed by atoms with Crippen molar-refractivity contribution in [2.45, 2.75) is 25.4 Å². The minimum Gasteiger partial charge on any atom is -0.351 e. The Balaban J connectivity index is 1.43. The van der Waals surface area contributed by atoms with Crippen LogP contribution in [0.25, 0.3) is 11.7 Å². The molecule has 184 valence electrons. The van der Waals surface area contributed by atoms with Gasteiger partial charge in [0.25, 0.3) is 11.5 Å². The molecule has 2 aromatic heterocycles. The van der Waals surface area contributed by atoms with Crippen LogP contribution >= 0.6 is 24.0 Å². The van der Waals surface area contributed by atoms with Crippen molar-refractivity contribution in [3.05, 3.63) is 80.6 Å². The Labute approximate surface area is 217 Å². The molecule has 3 aliphatic heterocycles. The molecule has 3 aliphatic rings. The van der Waals surface area contributed by atoms with Gasteiger partial charge in [0, 0.05) is 19.3 Å². The fourth-order valence-electron chi connectivity index (χ4n) is 5.04. The van der Waals surface area contributed by atoms with Crippen LogP contribution in [0.15, 0.2) is 58.4 Å². The third kappa shape index (κ3) is 4.04. The summed E-state index contributed by atoms with van der Waals surface area (Å²) in [5, 5.41) is 0. The third-order valence-electron chi connectivity index (χ3n) is 6.85. The van der Waals surface area contributed by atoms with Crippen LogP contribution in [-0.4, -0.2) is 57.0 Å². The summed E-state index contributed by atoms with van der Waals surface area (Å²) in [6, 6.07) is 13.1. The van der Waals surface area contributed by atoms with E-state index in [1.807, 2.05) is 18.2 Å². The van der Waals surface area contributed by atoms with Gasteiger partial charge in [-0.15, -0.1) is 0 Å². The van der Waals surface area contributed by atoms with Crippen molar-refractivity contribution in [3.8, 4) is 0 Å². The van der Waals surface area contributed by atoms with Crippen molar-refractivity contribution in [2.75, 3.05) is 23.0 Å². The van der Waals surface area contributed by atoms with Crippen LogP contribution in [0.4, 0.5) is 5.82 Å². The molecule has 0 spiro atoms. The Hall–Kier alpha value is -3.02. The van der Waals surface area contributed by atoms with E-state index in [2.05, 4.69) is 17.0 Å². The lowest BCUT2D eigenvalue weighted by Crippen LogP contribution is -2.39. The van der Waals surface area contributed by atoms with Crippen molar-refractivity contribution < 1.29 is 13.2 Å². The van der Waals surface area contributed by atoms with Crippen LogP contribution in [0.2, 0.25) is 0 Å². The van der Waals surface area contributed by atoms with Gasteiger partial charge in [0.15, 0.2) is 9.84 Å². The number of hydrogen-bond donors (Lipinski definition) is 0. The number of carbonyl (C=O) groups excluding carboxylic acids is 1. The van der Waals surface area contributed by atoms with Gasteiger partial charge in [0.05, 0.1) is 28.0 Å². The van der Waals surface area contributed by atoms with Crippen molar-refractivity contribution in [1.82, 2.24) is 14.3 Å². The summed E-state index contributed by atoms with van der Waals surface area (Å²) in [6.45, 7) is 1.29. The lowest BCUT2D eigenvalue weighted by molar-refractivity contribution is -0.123. The van der Waals surface area contributed by atoms with Crippen LogP contribution in [0.3, 0.4) is 0 Å². The number of fused-ring (bicyclic) bond motifs is 2. The number of carbonyl (C=O) groups is 1. The average Bonchev–Trinajstić information content (AvgIpc) is 3.37. The second-order valence-electron chi connectivity index (χ2n) is 9.13. The number of rotatable bonds is 3. The summed E-state index contributed by atoms with van der Waals surface area (Å²) in [5.41, 5.74) is 3.02. The number of nitrogens with zero attached hydrogens (tertiary/aromatic N) is 4. The van der Waals surface area contributed by atoms with E-state index >= 15 is 0 Å². The molecule has 1 atom stereocenters. The van der Waals surface area contributed by atoms with Gasteiger partial charge >= 0.3 is 0 Å². The van der Waals surface area contributed by atoms with Crippen molar-refractivity contribution in [2.24, 2.45) is 0 Å². The topological polar surface area (TPSA) is 92.1 Å². The summed E-state index contributed by atoms with van der Waals surface area (Å²) in [7, 11) is -3.19. The molecular weight excluding hydrogens is 517 g/mol. The standard InChI is InChI=1S/C25H22N4O4S3/c30-23-19(13-20-24(31)29(25(34)35-20)18-9-12-36(32,33)15-18)22(26-21-7-3-4-10-28(21)23)27-11-8-16-5-1-2-6-17(16)14-27/h1-7,10,13,18H,8-9,11-12,14-15H2. The zero-order chi connectivity index (χ0) is 25.0. The number of thiocarbonyl (C=S) groups is 1. The van der Waals surface area contributed by atoms with Gasteiger partial charge in [-0.1, -0.05) is 54.3 Å². The number of thioether (sulfide) groups is 1. The van der Waals surface area contributed by atoms with Crippen LogP contribution in [-0.2, 0) is 27.6 Å². The molecule has 2 fully saturated rings. The number of amides is 1. The molecule has 2 saturated heterocycles. The molecule has 1 amide bonds. The molecule has 0 aliphatic carbocycles. The average molecular weight is 539 g/mol. The molecule has 3 aromatic rings. The second kappa shape index (κ2) is 8.82. The van der Waals surface area contributed by atoms with E-state index < -0.39 is 15.9 Å². The molecule has 11 heteroatoms. The van der Waals surface area contributed by atoms with Crippen molar-refractivity contribution >= 4 is 61.6 Å². The third-order valence-corrected chi connectivity index (χ3v) is 9.93. The first-order chi connectivity index (χ1) is 17.3. The summed E-state index contributed by atoms with van der Waals surface area (Å²) in [4.78, 5) is 35.6. The van der Waals surface area contributed by atoms with Gasteiger partial charge in [-0.25, -0.2) is 13.4 Å². The molecular formula is C25H22N4O4S3. The van der Waals surface area contributed by atoms with E-state index in [1.54, 1.807) is 24.4 Å². The Kier molecular flexibility index (Phi) is 5.73. The SMILES string of the molecule is O=C1C(=Cc2c(N3CCc4ccccc4C3)nc3ccccn3c2=O)SC(=S)N1C1CCS(=O)(=O)C1. The molecule has 1 aromatic carbocycles. The maximum absolute atomic E-state index is 13.6. The lowest BCUT2D eigenvalue weighted by Gasteiger charge is -2.30. The Morgan fingerprint density at radius 2 is 1.86 bits per heavy atom. The maximum atomic E-state index is 13.6. The maximum Gasteiger partial charge on any atom is 0.267 e. The van der Waals surface area contributed by atoms with E-state index in [-0.39, 0.29) is 23.0 Å². The highest BCUT2D eigenvalue weighted by Gasteiger charge is 2.42. The number of anilines is 1. The first kappa shape index (κ1) is 23.4. The largest absolute Gasteiger partial charge is 0.351 e. The van der Waals surface area contributed by atoms with E-state index in [0.717, 1.165) is 18.2 Å². The van der Waals surface area contributed by atoms with Gasteiger partial charge in [0.1, 0.15) is 15.8 Å². The summed E-state index contributed by atoms with van der Waals surface area (Å²) < 4.78 is 25.8. The molecule has 6 rings (SSSR count). The fourth-order valence-corrected chi connectivity index (χ4v) is 8.12. The van der Waals surface area contributed by atoms with Gasteiger partial charge < -0.3 is 4.90 Å². The minimum atomic E-state index is -3.19. The lowest BCUT2D eigenvalue weighted by atomic mass is 9.99. The molecule has 5 heterocycles. The minimum absolute atomic E-state index is 0.0459. The highest BCUT2D eigenvalue weighted by atomic mass is 32.2. The first-order valence-corrected chi connectivity index (χ1v) is 14.7. The molecule has 0 saturated carbocycles. The number of hydrogen-bond acceptors (Lipinski definition) is 8. The Morgan fingerprint density at radius 3 is 2.64 bits per heavy atom. The normalized spacial score (nSPS) is 22.6.